The minimum atomic E-state index is -1.08. The van der Waals surface area contributed by atoms with E-state index in [4.69, 9.17) is 0 Å². The second-order valence-corrected chi connectivity index (χ2v) is 8.04. The van der Waals surface area contributed by atoms with Crippen LogP contribution in [0.4, 0.5) is 20.2 Å². The fraction of sp³-hybridized carbons (Fsp3) is 0.364. The van der Waals surface area contributed by atoms with E-state index >= 15 is 0 Å². The molecule has 3 aliphatic heterocycles. The van der Waals surface area contributed by atoms with Crippen LogP contribution in [0, 0.1) is 17.6 Å². The highest BCUT2D eigenvalue weighted by Crippen LogP contribution is 2.56. The summed E-state index contributed by atoms with van der Waals surface area (Å²) in [5.41, 5.74) is 0.478. The van der Waals surface area contributed by atoms with Crippen molar-refractivity contribution in [1.29, 1.82) is 0 Å². The zero-order chi connectivity index (χ0) is 20.3. The number of benzene rings is 2. The second kappa shape index (κ2) is 6.35. The number of halogens is 2. The number of rotatable bonds is 2. The van der Waals surface area contributed by atoms with E-state index in [1.54, 1.807) is 11.9 Å². The van der Waals surface area contributed by atoms with Crippen LogP contribution in [0.5, 0.6) is 0 Å². The van der Waals surface area contributed by atoms with E-state index in [1.807, 2.05) is 24.3 Å². The SMILES string of the molecule is CN1C(=O)C2(c3ccccc31)C(C(=O)Nc1ccc(F)cc1F)CC1CCCN12. The molecule has 150 valence electrons. The third kappa shape index (κ3) is 2.40. The lowest BCUT2D eigenvalue weighted by Crippen LogP contribution is -2.55. The van der Waals surface area contributed by atoms with E-state index in [0.29, 0.717) is 6.42 Å². The maximum atomic E-state index is 14.1. The molecule has 1 spiro atoms. The second-order valence-electron chi connectivity index (χ2n) is 8.04. The largest absolute Gasteiger partial charge is 0.323 e. The summed E-state index contributed by atoms with van der Waals surface area (Å²) in [6.07, 6.45) is 2.44. The summed E-state index contributed by atoms with van der Waals surface area (Å²) in [5.74, 6) is -2.73. The van der Waals surface area contributed by atoms with Crippen LogP contribution in [0.1, 0.15) is 24.8 Å². The van der Waals surface area contributed by atoms with Crippen molar-refractivity contribution in [2.45, 2.75) is 30.8 Å². The van der Waals surface area contributed by atoms with Crippen molar-refractivity contribution < 1.29 is 18.4 Å². The van der Waals surface area contributed by atoms with Gasteiger partial charge in [0.1, 0.15) is 17.2 Å². The number of carbonyl (C=O) groups excluding carboxylic acids is 2. The Bertz CT molecular complexity index is 1030. The topological polar surface area (TPSA) is 52.7 Å². The number of likely N-dealkylation sites (N-methyl/N-ethyl adjacent to an activating group) is 1. The van der Waals surface area contributed by atoms with Gasteiger partial charge in [0, 0.05) is 30.4 Å². The van der Waals surface area contributed by atoms with Gasteiger partial charge in [-0.05, 0) is 44.0 Å². The molecular weight excluding hydrogens is 376 g/mol. The molecule has 7 heteroatoms. The van der Waals surface area contributed by atoms with E-state index in [-0.39, 0.29) is 17.6 Å². The van der Waals surface area contributed by atoms with Crippen molar-refractivity contribution in [1.82, 2.24) is 4.90 Å². The highest BCUT2D eigenvalue weighted by atomic mass is 19.1. The number of amides is 2. The first-order valence-electron chi connectivity index (χ1n) is 9.85. The number of fused-ring (bicyclic) bond motifs is 4. The van der Waals surface area contributed by atoms with E-state index in [0.717, 1.165) is 42.8 Å². The summed E-state index contributed by atoms with van der Waals surface area (Å²) in [7, 11) is 1.73. The van der Waals surface area contributed by atoms with E-state index in [1.165, 1.54) is 6.07 Å². The number of anilines is 2. The summed E-state index contributed by atoms with van der Waals surface area (Å²) in [6, 6.07) is 10.7. The lowest BCUT2D eigenvalue weighted by molar-refractivity contribution is -0.136. The van der Waals surface area contributed by atoms with Crippen molar-refractivity contribution in [3.8, 4) is 0 Å². The maximum Gasteiger partial charge on any atom is 0.252 e. The van der Waals surface area contributed by atoms with Crippen LogP contribution in [0.15, 0.2) is 42.5 Å². The van der Waals surface area contributed by atoms with Gasteiger partial charge in [0.2, 0.25) is 5.91 Å². The molecule has 0 aliphatic carbocycles. The number of hydrogen-bond acceptors (Lipinski definition) is 3. The first-order chi connectivity index (χ1) is 13.9. The first kappa shape index (κ1) is 18.2. The number of nitrogens with zero attached hydrogens (tertiary/aromatic N) is 2. The Labute approximate surface area is 167 Å². The predicted molar refractivity (Wildman–Crippen MR) is 104 cm³/mol. The van der Waals surface area contributed by atoms with Crippen molar-refractivity contribution >= 4 is 23.2 Å². The summed E-state index contributed by atoms with van der Waals surface area (Å²) >= 11 is 0. The van der Waals surface area contributed by atoms with Crippen LogP contribution in [-0.4, -0.2) is 36.3 Å². The van der Waals surface area contributed by atoms with Crippen molar-refractivity contribution in [3.05, 3.63) is 59.7 Å². The fourth-order valence-corrected chi connectivity index (χ4v) is 5.48. The van der Waals surface area contributed by atoms with Gasteiger partial charge >= 0.3 is 0 Å². The highest BCUT2D eigenvalue weighted by molar-refractivity contribution is 6.11. The Morgan fingerprint density at radius 1 is 1.21 bits per heavy atom. The van der Waals surface area contributed by atoms with Gasteiger partial charge in [-0.25, -0.2) is 8.78 Å². The molecule has 2 fully saturated rings. The normalized spacial score (nSPS) is 28.1. The fourth-order valence-electron chi connectivity index (χ4n) is 5.48. The third-order valence-corrected chi connectivity index (χ3v) is 6.65. The monoisotopic (exact) mass is 397 g/mol. The molecule has 2 saturated heterocycles. The molecule has 0 saturated carbocycles. The third-order valence-electron chi connectivity index (χ3n) is 6.65. The molecule has 2 aromatic carbocycles. The zero-order valence-corrected chi connectivity index (χ0v) is 16.0. The van der Waals surface area contributed by atoms with Gasteiger partial charge in [-0.15, -0.1) is 0 Å². The molecule has 0 radical (unpaired) electrons. The molecule has 3 unspecified atom stereocenters. The average molecular weight is 397 g/mol. The molecule has 5 nitrogen and oxygen atoms in total. The molecule has 3 aliphatic rings. The van der Waals surface area contributed by atoms with E-state index in [2.05, 4.69) is 10.2 Å². The zero-order valence-electron chi connectivity index (χ0n) is 16.0. The molecule has 3 heterocycles. The molecule has 29 heavy (non-hydrogen) atoms. The quantitative estimate of drug-likeness (QED) is 0.846. The van der Waals surface area contributed by atoms with Gasteiger partial charge in [0.15, 0.2) is 0 Å². The summed E-state index contributed by atoms with van der Waals surface area (Å²) in [4.78, 5) is 30.7. The molecule has 2 aromatic rings. The van der Waals surface area contributed by atoms with Crippen LogP contribution in [-0.2, 0) is 15.1 Å². The first-order valence-corrected chi connectivity index (χ1v) is 9.85. The summed E-state index contributed by atoms with van der Waals surface area (Å²) in [6.45, 7) is 0.743. The summed E-state index contributed by atoms with van der Waals surface area (Å²) in [5, 5.41) is 2.61. The van der Waals surface area contributed by atoms with Gasteiger partial charge in [0.25, 0.3) is 5.91 Å². The molecule has 0 aromatic heterocycles. The molecular formula is C22H21F2N3O2. The van der Waals surface area contributed by atoms with E-state index < -0.39 is 29.0 Å². The Hall–Kier alpha value is -2.80. The van der Waals surface area contributed by atoms with Crippen LogP contribution in [0.25, 0.3) is 0 Å². The summed E-state index contributed by atoms with van der Waals surface area (Å²) < 4.78 is 27.4. The number of nitrogens with one attached hydrogen (secondary N) is 1. The lowest BCUT2D eigenvalue weighted by atomic mass is 9.78. The van der Waals surface area contributed by atoms with E-state index in [9.17, 15) is 18.4 Å². The molecule has 0 bridgehead atoms. The van der Waals surface area contributed by atoms with Gasteiger partial charge in [-0.2, -0.15) is 0 Å². The molecule has 3 atom stereocenters. The van der Waals surface area contributed by atoms with Crippen LogP contribution >= 0.6 is 0 Å². The van der Waals surface area contributed by atoms with Gasteiger partial charge in [-0.3, -0.25) is 14.5 Å². The lowest BCUT2D eigenvalue weighted by Gasteiger charge is -2.37. The van der Waals surface area contributed by atoms with Gasteiger partial charge in [0.05, 0.1) is 11.6 Å². The number of carbonyl (C=O) groups is 2. The smallest absolute Gasteiger partial charge is 0.252 e. The minimum Gasteiger partial charge on any atom is -0.323 e. The molecule has 1 N–H and O–H groups in total. The Balaban J connectivity index is 1.59. The van der Waals surface area contributed by atoms with Crippen molar-refractivity contribution in [3.63, 3.8) is 0 Å². The predicted octanol–water partition coefficient (Wildman–Crippen LogP) is 3.26. The Kier molecular flexibility index (Phi) is 4.00. The average Bonchev–Trinajstić information content (AvgIpc) is 3.34. The Morgan fingerprint density at radius 2 is 2.00 bits per heavy atom. The number of para-hydroxylation sites is 1. The standard InChI is InChI=1S/C22H21F2N3O2/c1-26-19-7-3-2-6-15(19)22(21(26)29)16(12-14-5-4-10-27(14)22)20(28)25-18-9-8-13(23)11-17(18)24/h2-3,6-9,11,14,16H,4-5,10,12H2,1H3,(H,25,28). The maximum absolute atomic E-state index is 14.1. The van der Waals surface area contributed by atoms with Gasteiger partial charge < -0.3 is 10.2 Å². The Morgan fingerprint density at radius 3 is 2.79 bits per heavy atom. The molecule has 5 rings (SSSR count). The molecule has 2 amide bonds. The van der Waals surface area contributed by atoms with Crippen molar-refractivity contribution in [2.75, 3.05) is 23.8 Å². The van der Waals surface area contributed by atoms with Crippen LogP contribution in [0.3, 0.4) is 0 Å². The van der Waals surface area contributed by atoms with Crippen molar-refractivity contribution in [2.24, 2.45) is 5.92 Å². The number of hydrogen-bond donors (Lipinski definition) is 1. The van der Waals surface area contributed by atoms with Gasteiger partial charge in [-0.1, -0.05) is 18.2 Å². The minimum absolute atomic E-state index is 0.0781. The van der Waals surface area contributed by atoms with Crippen LogP contribution in [0.2, 0.25) is 0 Å². The van der Waals surface area contributed by atoms with Crippen LogP contribution < -0.4 is 10.2 Å². The highest BCUT2D eigenvalue weighted by Gasteiger charge is 2.66.